The fourth-order valence-corrected chi connectivity index (χ4v) is 4.62. The van der Waals surface area contributed by atoms with Crippen LogP contribution in [0.1, 0.15) is 150 Å². The largest absolute Gasteiger partial charge is 0.465 e. The summed E-state index contributed by atoms with van der Waals surface area (Å²) in [5.74, 6) is 0.680. The highest BCUT2D eigenvalue weighted by molar-refractivity contribution is 5.83. The van der Waals surface area contributed by atoms with Crippen molar-refractivity contribution in [3.8, 4) is 0 Å². The Kier molecular flexibility index (Phi) is 24.8. The lowest BCUT2D eigenvalue weighted by Gasteiger charge is -2.16. The molecule has 0 atom stereocenters. The van der Waals surface area contributed by atoms with Gasteiger partial charge in [-0.15, -0.1) is 0 Å². The first kappa shape index (κ1) is 33.7. The summed E-state index contributed by atoms with van der Waals surface area (Å²) in [4.78, 5) is 24.1. The molecule has 0 N–H and O–H groups in total. The maximum Gasteiger partial charge on any atom is 0.330 e. The third-order valence-corrected chi connectivity index (χ3v) is 6.96. The molecule has 0 saturated heterocycles. The van der Waals surface area contributed by atoms with E-state index in [0.717, 1.165) is 12.8 Å². The molecule has 0 aromatic rings. The van der Waals surface area contributed by atoms with E-state index < -0.39 is 0 Å². The van der Waals surface area contributed by atoms with Gasteiger partial charge in [0.05, 0.1) is 19.6 Å². The molecule has 0 aromatic heterocycles. The van der Waals surface area contributed by atoms with Gasteiger partial charge >= 0.3 is 11.9 Å². The molecule has 0 unspecified atom stereocenters. The molecule has 0 aliphatic rings. The van der Waals surface area contributed by atoms with Crippen LogP contribution in [0.4, 0.5) is 0 Å². The lowest BCUT2D eigenvalue weighted by atomic mass is 9.92. The van der Waals surface area contributed by atoms with E-state index in [0.29, 0.717) is 25.0 Å². The number of hydrogen-bond acceptors (Lipinski definition) is 4. The van der Waals surface area contributed by atoms with Crippen molar-refractivity contribution in [2.75, 3.05) is 13.2 Å². The molecule has 0 rings (SSSR count). The van der Waals surface area contributed by atoms with Crippen molar-refractivity contribution in [3.05, 3.63) is 12.2 Å². The summed E-state index contributed by atoms with van der Waals surface area (Å²) in [7, 11) is 0. The third kappa shape index (κ3) is 22.9. The summed E-state index contributed by atoms with van der Waals surface area (Å²) < 4.78 is 10.8. The number of carbonyl (C=O) groups is 2. The van der Waals surface area contributed by atoms with Gasteiger partial charge in [0, 0.05) is 6.08 Å². The molecular formula is C31H58O4. The Morgan fingerprint density at radius 1 is 0.571 bits per heavy atom. The van der Waals surface area contributed by atoms with Crippen LogP contribution >= 0.6 is 0 Å². The van der Waals surface area contributed by atoms with E-state index in [9.17, 15) is 9.59 Å². The second kappa shape index (κ2) is 25.8. The van der Waals surface area contributed by atoms with E-state index in [1.165, 1.54) is 109 Å². The highest BCUT2D eigenvalue weighted by atomic mass is 16.5. The summed E-state index contributed by atoms with van der Waals surface area (Å²) in [6.45, 7) is 9.88. The first-order valence-corrected chi connectivity index (χ1v) is 15.1. The Morgan fingerprint density at radius 2 is 0.971 bits per heavy atom. The summed E-state index contributed by atoms with van der Waals surface area (Å²) >= 11 is 0. The predicted octanol–water partition coefficient (Wildman–Crippen LogP) is 9.35. The standard InChI is InChI=1S/C31H58O4/c1-5-9-13-18-28(19-14-10-6-2)24-26-34-30(32)22-17-23-31(33)35-27-25-29(20-15-11-7-3)21-16-12-8-4/h17,22,28-29H,5-16,18-21,23-27H2,1-4H3. The normalized spacial score (nSPS) is 11.6. The molecular weight excluding hydrogens is 436 g/mol. The van der Waals surface area contributed by atoms with Crippen LogP contribution in [0.2, 0.25) is 0 Å². The zero-order valence-electron chi connectivity index (χ0n) is 23.8. The fraction of sp³-hybridized carbons (Fsp3) is 0.871. The van der Waals surface area contributed by atoms with E-state index in [2.05, 4.69) is 27.7 Å². The lowest BCUT2D eigenvalue weighted by molar-refractivity contribution is -0.143. The van der Waals surface area contributed by atoms with Gasteiger partial charge in [-0.05, 0) is 24.7 Å². The van der Waals surface area contributed by atoms with Gasteiger partial charge in [0.25, 0.3) is 0 Å². The lowest BCUT2D eigenvalue weighted by Crippen LogP contribution is -2.11. The highest BCUT2D eigenvalue weighted by Gasteiger charge is 2.11. The van der Waals surface area contributed by atoms with Gasteiger partial charge in [0.15, 0.2) is 0 Å². The van der Waals surface area contributed by atoms with E-state index >= 15 is 0 Å². The van der Waals surface area contributed by atoms with Crippen molar-refractivity contribution < 1.29 is 19.1 Å². The molecule has 0 aliphatic carbocycles. The molecule has 4 heteroatoms. The number of ether oxygens (including phenoxy) is 2. The molecule has 0 amide bonds. The smallest absolute Gasteiger partial charge is 0.330 e. The van der Waals surface area contributed by atoms with Gasteiger partial charge in [0.2, 0.25) is 0 Å². The van der Waals surface area contributed by atoms with Gasteiger partial charge < -0.3 is 9.47 Å². The third-order valence-electron chi connectivity index (χ3n) is 6.96. The van der Waals surface area contributed by atoms with Crippen molar-refractivity contribution in [2.24, 2.45) is 11.8 Å². The van der Waals surface area contributed by atoms with Crippen LogP contribution in [0, 0.1) is 11.8 Å². The van der Waals surface area contributed by atoms with E-state index in [4.69, 9.17) is 9.47 Å². The Labute approximate surface area is 218 Å². The molecule has 0 saturated carbocycles. The summed E-state index contributed by atoms with van der Waals surface area (Å²) in [5, 5.41) is 0. The minimum atomic E-state index is -0.356. The van der Waals surface area contributed by atoms with Crippen LogP contribution < -0.4 is 0 Å². The number of rotatable bonds is 25. The Hall–Kier alpha value is -1.32. The molecule has 35 heavy (non-hydrogen) atoms. The topological polar surface area (TPSA) is 52.6 Å². The van der Waals surface area contributed by atoms with Gasteiger partial charge in [-0.25, -0.2) is 4.79 Å². The molecule has 0 bridgehead atoms. The maximum absolute atomic E-state index is 12.1. The van der Waals surface area contributed by atoms with Crippen LogP contribution in [0.15, 0.2) is 12.2 Å². The van der Waals surface area contributed by atoms with Crippen LogP contribution in [0.3, 0.4) is 0 Å². The molecule has 0 aliphatic heterocycles. The maximum atomic E-state index is 12.1. The fourth-order valence-electron chi connectivity index (χ4n) is 4.62. The monoisotopic (exact) mass is 494 g/mol. The van der Waals surface area contributed by atoms with Crippen molar-refractivity contribution in [3.63, 3.8) is 0 Å². The quantitative estimate of drug-likeness (QED) is 0.0720. The first-order valence-electron chi connectivity index (χ1n) is 15.1. The zero-order chi connectivity index (χ0) is 26.0. The molecule has 4 nitrogen and oxygen atoms in total. The minimum Gasteiger partial charge on any atom is -0.465 e. The van der Waals surface area contributed by atoms with Crippen molar-refractivity contribution in [1.29, 1.82) is 0 Å². The summed E-state index contributed by atoms with van der Waals surface area (Å²) in [5.41, 5.74) is 0. The number of esters is 2. The minimum absolute atomic E-state index is 0.127. The van der Waals surface area contributed by atoms with Crippen LogP contribution in [0.25, 0.3) is 0 Å². The van der Waals surface area contributed by atoms with Crippen molar-refractivity contribution >= 4 is 11.9 Å². The Balaban J connectivity index is 4.14. The summed E-state index contributed by atoms with van der Waals surface area (Å²) in [6.07, 6.45) is 25.0. The molecule has 0 fully saturated rings. The van der Waals surface area contributed by atoms with Crippen molar-refractivity contribution in [1.82, 2.24) is 0 Å². The average molecular weight is 495 g/mol. The van der Waals surface area contributed by atoms with E-state index in [-0.39, 0.29) is 18.4 Å². The Bertz CT molecular complexity index is 494. The van der Waals surface area contributed by atoms with Gasteiger partial charge in [-0.2, -0.15) is 0 Å². The van der Waals surface area contributed by atoms with Gasteiger partial charge in [-0.3, -0.25) is 4.79 Å². The predicted molar refractivity (Wildman–Crippen MR) is 148 cm³/mol. The second-order valence-electron chi connectivity index (χ2n) is 10.3. The molecule has 0 radical (unpaired) electrons. The van der Waals surface area contributed by atoms with Crippen LogP contribution in [-0.2, 0) is 19.1 Å². The Morgan fingerprint density at radius 3 is 1.37 bits per heavy atom. The SMILES string of the molecule is CCCCCC(CCCCC)CCOC(=O)C=CCC(=O)OCCC(CCCCC)CCCCC. The first-order chi connectivity index (χ1) is 17.1. The number of hydrogen-bond donors (Lipinski definition) is 0. The summed E-state index contributed by atoms with van der Waals surface area (Å²) in [6, 6.07) is 0. The van der Waals surface area contributed by atoms with Crippen LogP contribution in [-0.4, -0.2) is 25.2 Å². The van der Waals surface area contributed by atoms with Crippen molar-refractivity contribution in [2.45, 2.75) is 150 Å². The average Bonchev–Trinajstić information content (AvgIpc) is 2.84. The van der Waals surface area contributed by atoms with E-state index in [1.54, 1.807) is 6.08 Å². The van der Waals surface area contributed by atoms with Crippen LogP contribution in [0.5, 0.6) is 0 Å². The number of unbranched alkanes of at least 4 members (excludes halogenated alkanes) is 8. The van der Waals surface area contributed by atoms with Gasteiger partial charge in [-0.1, -0.05) is 137 Å². The molecule has 0 aromatic carbocycles. The molecule has 0 spiro atoms. The second-order valence-corrected chi connectivity index (χ2v) is 10.3. The highest BCUT2D eigenvalue weighted by Crippen LogP contribution is 2.22. The number of carbonyl (C=O) groups excluding carboxylic acids is 2. The van der Waals surface area contributed by atoms with Gasteiger partial charge in [0.1, 0.15) is 0 Å². The van der Waals surface area contributed by atoms with E-state index in [1.807, 2.05) is 0 Å². The molecule has 0 heterocycles. The molecule has 206 valence electrons. The zero-order valence-corrected chi connectivity index (χ0v) is 23.8.